The molecule has 2 aromatic rings. The molecular weight excluding hydrogens is 264 g/mol. The van der Waals surface area contributed by atoms with Crippen LogP contribution in [0.25, 0.3) is 0 Å². The van der Waals surface area contributed by atoms with Gasteiger partial charge in [0, 0.05) is 25.8 Å². The molecule has 1 heterocycles. The number of nitrogens with zero attached hydrogens (tertiary/aromatic N) is 2. The summed E-state index contributed by atoms with van der Waals surface area (Å²) in [5, 5.41) is 14.9. The zero-order valence-corrected chi connectivity index (χ0v) is 13.0. The van der Waals surface area contributed by atoms with Gasteiger partial charge in [0.05, 0.1) is 18.4 Å². The molecule has 1 aromatic heterocycles. The third kappa shape index (κ3) is 3.93. The molecule has 1 aromatic carbocycles. The van der Waals surface area contributed by atoms with Crippen LogP contribution in [0.4, 0.5) is 0 Å². The van der Waals surface area contributed by atoms with Gasteiger partial charge in [-0.05, 0) is 30.5 Å². The summed E-state index contributed by atoms with van der Waals surface area (Å²) in [6.07, 6.45) is 1.00. The monoisotopic (exact) mass is 288 g/mol. The first kappa shape index (κ1) is 15.7. The van der Waals surface area contributed by atoms with Gasteiger partial charge in [0.2, 0.25) is 0 Å². The summed E-state index contributed by atoms with van der Waals surface area (Å²) in [5.41, 5.74) is 4.20. The standard InChI is InChI=1S/C17H24N2O2/c1-4-15-10-16(19(5-2)18-15)11-17(20)14-8-6-13(7-9-14)12-21-3/h6-10,17,20H,4-5,11-12H2,1-3H3. The maximum Gasteiger partial charge on any atom is 0.0845 e. The maximum absolute atomic E-state index is 10.4. The number of aliphatic hydroxyl groups is 1. The quantitative estimate of drug-likeness (QED) is 0.852. The van der Waals surface area contributed by atoms with E-state index in [-0.39, 0.29) is 0 Å². The van der Waals surface area contributed by atoms with Crippen LogP contribution in [0.15, 0.2) is 30.3 Å². The third-order valence-corrected chi connectivity index (χ3v) is 3.65. The van der Waals surface area contributed by atoms with Crippen LogP contribution < -0.4 is 0 Å². The van der Waals surface area contributed by atoms with E-state index in [2.05, 4.69) is 25.0 Å². The average Bonchev–Trinajstić information content (AvgIpc) is 2.90. The van der Waals surface area contributed by atoms with Gasteiger partial charge in [-0.2, -0.15) is 5.10 Å². The van der Waals surface area contributed by atoms with Gasteiger partial charge >= 0.3 is 0 Å². The molecular formula is C17H24N2O2. The van der Waals surface area contributed by atoms with E-state index in [9.17, 15) is 5.11 Å². The van der Waals surface area contributed by atoms with Crippen molar-refractivity contribution >= 4 is 0 Å². The van der Waals surface area contributed by atoms with E-state index in [4.69, 9.17) is 4.74 Å². The first-order valence-electron chi connectivity index (χ1n) is 7.49. The van der Waals surface area contributed by atoms with Gasteiger partial charge in [0.25, 0.3) is 0 Å². The number of hydrogen-bond acceptors (Lipinski definition) is 3. The second-order valence-corrected chi connectivity index (χ2v) is 5.19. The number of aromatic nitrogens is 2. The zero-order chi connectivity index (χ0) is 15.2. The molecule has 0 aliphatic rings. The van der Waals surface area contributed by atoms with Crippen LogP contribution in [0.2, 0.25) is 0 Å². The van der Waals surface area contributed by atoms with E-state index in [1.54, 1.807) is 7.11 Å². The molecule has 4 heteroatoms. The van der Waals surface area contributed by atoms with Gasteiger partial charge in [-0.25, -0.2) is 0 Å². The van der Waals surface area contributed by atoms with Crippen LogP contribution in [0.1, 0.15) is 42.5 Å². The van der Waals surface area contributed by atoms with Crippen molar-refractivity contribution in [1.82, 2.24) is 9.78 Å². The first-order chi connectivity index (χ1) is 10.2. The lowest BCUT2D eigenvalue weighted by molar-refractivity contribution is 0.174. The topological polar surface area (TPSA) is 47.3 Å². The van der Waals surface area contributed by atoms with Crippen molar-refractivity contribution in [3.8, 4) is 0 Å². The van der Waals surface area contributed by atoms with Gasteiger partial charge in [0.15, 0.2) is 0 Å². The minimum atomic E-state index is -0.506. The Kier molecular flexibility index (Phi) is 5.53. The van der Waals surface area contributed by atoms with Crippen molar-refractivity contribution in [2.75, 3.05) is 7.11 Å². The van der Waals surface area contributed by atoms with Gasteiger partial charge < -0.3 is 9.84 Å². The lowest BCUT2D eigenvalue weighted by atomic mass is 10.0. The number of aryl methyl sites for hydroxylation is 2. The molecule has 0 saturated carbocycles. The Morgan fingerprint density at radius 2 is 1.95 bits per heavy atom. The van der Waals surface area contributed by atoms with Crippen LogP contribution in [0.5, 0.6) is 0 Å². The van der Waals surface area contributed by atoms with Crippen molar-refractivity contribution in [2.45, 2.75) is 45.9 Å². The van der Waals surface area contributed by atoms with Gasteiger partial charge in [-0.15, -0.1) is 0 Å². The number of ether oxygens (including phenoxy) is 1. The van der Waals surface area contributed by atoms with E-state index < -0.39 is 6.10 Å². The first-order valence-corrected chi connectivity index (χ1v) is 7.49. The molecule has 0 radical (unpaired) electrons. The zero-order valence-electron chi connectivity index (χ0n) is 13.0. The highest BCUT2D eigenvalue weighted by Gasteiger charge is 2.13. The van der Waals surface area contributed by atoms with Crippen molar-refractivity contribution in [3.05, 3.63) is 52.8 Å². The lowest BCUT2D eigenvalue weighted by Crippen LogP contribution is -2.08. The second-order valence-electron chi connectivity index (χ2n) is 5.19. The van der Waals surface area contributed by atoms with Crippen LogP contribution in [-0.2, 0) is 30.7 Å². The summed E-state index contributed by atoms with van der Waals surface area (Å²) in [7, 11) is 1.68. The Morgan fingerprint density at radius 1 is 1.24 bits per heavy atom. The molecule has 0 bridgehead atoms. The number of rotatable bonds is 7. The maximum atomic E-state index is 10.4. The van der Waals surface area contributed by atoms with Crippen molar-refractivity contribution in [3.63, 3.8) is 0 Å². The van der Waals surface area contributed by atoms with Crippen molar-refractivity contribution < 1.29 is 9.84 Å². The molecule has 0 aliphatic carbocycles. The predicted octanol–water partition coefficient (Wildman–Crippen LogP) is 2.89. The fourth-order valence-corrected chi connectivity index (χ4v) is 2.44. The molecule has 1 atom stereocenters. The Labute approximate surface area is 126 Å². The number of benzene rings is 1. The Hall–Kier alpha value is -1.65. The molecule has 21 heavy (non-hydrogen) atoms. The number of methoxy groups -OCH3 is 1. The molecule has 0 spiro atoms. The minimum Gasteiger partial charge on any atom is -0.388 e. The normalized spacial score (nSPS) is 12.6. The molecule has 0 saturated heterocycles. The van der Waals surface area contributed by atoms with Crippen LogP contribution in [0, 0.1) is 0 Å². The fourth-order valence-electron chi connectivity index (χ4n) is 2.44. The Balaban J connectivity index is 2.09. The summed E-state index contributed by atoms with van der Waals surface area (Å²) in [6, 6.07) is 10.0. The summed E-state index contributed by atoms with van der Waals surface area (Å²) < 4.78 is 7.07. The molecule has 1 N–H and O–H groups in total. The van der Waals surface area contributed by atoms with E-state index in [1.165, 1.54) is 0 Å². The van der Waals surface area contributed by atoms with Crippen LogP contribution >= 0.6 is 0 Å². The van der Waals surface area contributed by atoms with Gasteiger partial charge in [-0.1, -0.05) is 31.2 Å². The summed E-state index contributed by atoms with van der Waals surface area (Å²) in [6.45, 7) is 5.59. The SMILES string of the molecule is CCc1cc(CC(O)c2ccc(COC)cc2)n(CC)n1. The largest absolute Gasteiger partial charge is 0.388 e. The molecule has 114 valence electrons. The number of aliphatic hydroxyl groups excluding tert-OH is 1. The fraction of sp³-hybridized carbons (Fsp3) is 0.471. The summed E-state index contributed by atoms with van der Waals surface area (Å²) in [4.78, 5) is 0. The third-order valence-electron chi connectivity index (χ3n) is 3.65. The molecule has 4 nitrogen and oxygen atoms in total. The minimum absolute atomic E-state index is 0.506. The van der Waals surface area contributed by atoms with Crippen molar-refractivity contribution in [1.29, 1.82) is 0 Å². The average molecular weight is 288 g/mol. The highest BCUT2D eigenvalue weighted by atomic mass is 16.5. The molecule has 1 unspecified atom stereocenters. The lowest BCUT2D eigenvalue weighted by Gasteiger charge is -2.12. The second kappa shape index (κ2) is 7.38. The van der Waals surface area contributed by atoms with Gasteiger partial charge in [-0.3, -0.25) is 4.68 Å². The van der Waals surface area contributed by atoms with E-state index >= 15 is 0 Å². The Morgan fingerprint density at radius 3 is 2.52 bits per heavy atom. The van der Waals surface area contributed by atoms with Gasteiger partial charge in [0.1, 0.15) is 0 Å². The van der Waals surface area contributed by atoms with E-state index in [0.717, 1.165) is 35.5 Å². The summed E-state index contributed by atoms with van der Waals surface area (Å²) >= 11 is 0. The number of hydrogen-bond donors (Lipinski definition) is 1. The highest BCUT2D eigenvalue weighted by molar-refractivity contribution is 5.25. The molecule has 0 fully saturated rings. The molecule has 2 rings (SSSR count). The van der Waals surface area contributed by atoms with Crippen LogP contribution in [-0.4, -0.2) is 22.0 Å². The van der Waals surface area contributed by atoms with Crippen molar-refractivity contribution in [2.24, 2.45) is 0 Å². The Bertz CT molecular complexity index is 561. The summed E-state index contributed by atoms with van der Waals surface area (Å²) in [5.74, 6) is 0. The predicted molar refractivity (Wildman–Crippen MR) is 83.1 cm³/mol. The van der Waals surface area contributed by atoms with E-state index in [0.29, 0.717) is 13.0 Å². The van der Waals surface area contributed by atoms with Crippen LogP contribution in [0.3, 0.4) is 0 Å². The molecule has 0 aliphatic heterocycles. The molecule has 0 amide bonds. The highest BCUT2D eigenvalue weighted by Crippen LogP contribution is 2.20. The smallest absolute Gasteiger partial charge is 0.0845 e. The van der Waals surface area contributed by atoms with E-state index in [1.807, 2.05) is 28.9 Å².